The van der Waals surface area contributed by atoms with E-state index in [9.17, 15) is 67.8 Å². The van der Waals surface area contributed by atoms with Crippen molar-refractivity contribution in [3.63, 3.8) is 0 Å². The number of aromatic nitrogens is 4. The van der Waals surface area contributed by atoms with Crippen molar-refractivity contribution in [3.8, 4) is 0 Å². The van der Waals surface area contributed by atoms with Gasteiger partial charge in [-0.25, -0.2) is 28.6 Å². The van der Waals surface area contributed by atoms with Crippen LogP contribution >= 0.6 is 23.5 Å². The van der Waals surface area contributed by atoms with E-state index in [1.165, 1.54) is 25.0 Å². The number of ether oxygens (including phenoxy) is 1. The fourth-order valence-corrected chi connectivity index (χ4v) is 11.0. The minimum absolute atomic E-state index is 0.00227. The maximum atomic E-state index is 13.1. The SMILES string of the molecule is CC(C)(CCCCCc1ccccc1CCCCCCC(C)(C)C(=O)CCNC(=O)CCNC(=O)C(O)C(C)(C)COP(=O)(O)OP(=O)(O)OCC1OC(n2cnc3c(N)ncnc32)C(O)C1OP(=O)(O)O)C(=O)O. The molecule has 1 saturated heterocycles. The van der Waals surface area contributed by atoms with E-state index >= 15 is 0 Å². The van der Waals surface area contributed by atoms with Crippen molar-refractivity contribution in [2.75, 3.05) is 32.0 Å². The van der Waals surface area contributed by atoms with Gasteiger partial charge in [0.05, 0.1) is 25.0 Å². The molecule has 7 unspecified atom stereocenters. The second-order valence-electron chi connectivity index (χ2n) is 20.6. The maximum absolute atomic E-state index is 13.1. The molecule has 1 aliphatic heterocycles. The number of imidazole rings is 1. The predicted molar refractivity (Wildman–Crippen MR) is 270 cm³/mol. The topological polar surface area (TPSA) is 401 Å². The van der Waals surface area contributed by atoms with Crippen LogP contribution in [0.25, 0.3) is 11.2 Å². The average Bonchev–Trinajstić information content (AvgIpc) is 3.88. The molecule has 7 atom stereocenters. The Morgan fingerprint density at radius 2 is 1.37 bits per heavy atom. The Bertz CT molecular complexity index is 2560. The quantitative estimate of drug-likeness (QED) is 0.0283. The zero-order valence-corrected chi connectivity index (χ0v) is 45.8. The van der Waals surface area contributed by atoms with Gasteiger partial charge in [0.1, 0.15) is 42.0 Å². The number of phosphoric ester groups is 3. The van der Waals surface area contributed by atoms with Crippen LogP contribution in [-0.4, -0.2) is 129 Å². The summed E-state index contributed by atoms with van der Waals surface area (Å²) in [7, 11) is -16.5. The summed E-state index contributed by atoms with van der Waals surface area (Å²) < 4.78 is 62.7. The zero-order valence-electron chi connectivity index (χ0n) is 43.1. The molecule has 1 aromatic carbocycles. The van der Waals surface area contributed by atoms with Crippen molar-refractivity contribution >= 4 is 64.0 Å². The van der Waals surface area contributed by atoms with E-state index in [-0.39, 0.29) is 48.7 Å². The number of nitrogens with one attached hydrogen (secondary N) is 2. The Balaban J connectivity index is 1.11. The largest absolute Gasteiger partial charge is 0.481 e. The number of nitrogens with zero attached hydrogens (tertiary/aromatic N) is 4. The Kier molecular flexibility index (Phi) is 23.2. The third-order valence-electron chi connectivity index (χ3n) is 12.9. The number of aliphatic carboxylic acids is 1. The Hall–Kier alpha value is -4.10. The Morgan fingerprint density at radius 3 is 1.99 bits per heavy atom. The number of Topliss-reactive ketones (excluding diaryl/α,β-unsaturated/α-hetero) is 1. The van der Waals surface area contributed by atoms with Crippen LogP contribution in [0, 0.1) is 16.2 Å². The highest BCUT2D eigenvalue weighted by Gasteiger charge is 2.50. The van der Waals surface area contributed by atoms with Gasteiger partial charge in [0.25, 0.3) is 0 Å². The highest BCUT2D eigenvalue weighted by Crippen LogP contribution is 2.61. The van der Waals surface area contributed by atoms with Crippen molar-refractivity contribution in [1.29, 1.82) is 0 Å². The van der Waals surface area contributed by atoms with Gasteiger partial charge in [0.15, 0.2) is 17.7 Å². The summed E-state index contributed by atoms with van der Waals surface area (Å²) in [6, 6.07) is 8.44. The highest BCUT2D eigenvalue weighted by atomic mass is 31.3. The van der Waals surface area contributed by atoms with Crippen LogP contribution < -0.4 is 16.4 Å². The lowest BCUT2D eigenvalue weighted by Crippen LogP contribution is -2.46. The van der Waals surface area contributed by atoms with E-state index in [4.69, 9.17) is 19.5 Å². The molecule has 1 fully saturated rings. The molecular formula is C46H74N7O19P3. The van der Waals surface area contributed by atoms with Crippen LogP contribution in [0.5, 0.6) is 0 Å². The van der Waals surface area contributed by atoms with Crippen LogP contribution in [0.3, 0.4) is 0 Å². The van der Waals surface area contributed by atoms with E-state index in [1.54, 1.807) is 13.8 Å². The molecule has 0 spiro atoms. The smallest absolute Gasteiger partial charge is 0.481 e. The molecule has 3 heterocycles. The third kappa shape index (κ3) is 20.0. The van der Waals surface area contributed by atoms with Crippen LogP contribution in [0.4, 0.5) is 5.82 Å². The molecule has 29 heteroatoms. The predicted octanol–water partition coefficient (Wildman–Crippen LogP) is 4.80. The van der Waals surface area contributed by atoms with E-state index in [2.05, 4.69) is 58.7 Å². The van der Waals surface area contributed by atoms with Crippen LogP contribution in [0.15, 0.2) is 36.9 Å². The summed E-state index contributed by atoms with van der Waals surface area (Å²) in [5.74, 6) is -2.28. The minimum Gasteiger partial charge on any atom is -0.481 e. The number of carbonyl (C=O) groups is 4. The van der Waals surface area contributed by atoms with Crippen LogP contribution in [0.2, 0.25) is 0 Å². The summed E-state index contributed by atoms with van der Waals surface area (Å²) in [5.41, 5.74) is 5.62. The number of phosphoric acid groups is 3. The molecule has 0 radical (unpaired) electrons. The standard InChI is InChI=1S/C46H74N7O19P3/c1-44(2,22-14-8-7-10-16-30-18-12-13-19-31(30)17-11-9-15-23-45(3,4)43(59)60)33(54)20-24-48-34(55)21-25-49-41(58)38(57)46(5,6)27-69-75(66,67)72-74(64,65)68-26-32-37(71-73(61,62)63)36(56)42(70-32)53-29-52-35-39(47)50-28-51-40(35)53/h12-13,18-19,28-29,32,36-38,42,56-57H,7-11,14-17,20-27H2,1-6H3,(H,48,55)(H,49,58)(H,59,60)(H,64,65)(H,66,67)(H2,47,50,51)(H2,61,62,63). The first kappa shape index (κ1) is 63.4. The number of nitrogens with two attached hydrogens (primary N) is 1. The average molecular weight is 1120 g/mol. The fraction of sp³-hybridized carbons (Fsp3) is 0.674. The second-order valence-corrected chi connectivity index (χ2v) is 24.8. The van der Waals surface area contributed by atoms with Gasteiger partial charge < -0.3 is 56.0 Å². The molecule has 0 saturated carbocycles. The number of aliphatic hydroxyl groups is 2. The Labute approximate surface area is 435 Å². The molecular weight excluding hydrogens is 1050 g/mol. The normalized spacial score (nSPS) is 19.6. The van der Waals surface area contributed by atoms with Crippen molar-refractivity contribution in [3.05, 3.63) is 48.0 Å². The summed E-state index contributed by atoms with van der Waals surface area (Å²) in [6.45, 7) is 7.61. The van der Waals surface area contributed by atoms with E-state index in [0.29, 0.717) is 12.8 Å². The van der Waals surface area contributed by atoms with E-state index in [0.717, 1.165) is 75.0 Å². The van der Waals surface area contributed by atoms with Gasteiger partial charge in [-0.05, 0) is 63.5 Å². The molecule has 2 aromatic heterocycles. The number of nitrogen functional groups attached to an aromatic ring is 1. The summed E-state index contributed by atoms with van der Waals surface area (Å²) in [5, 5.41) is 36.0. The first-order valence-electron chi connectivity index (χ1n) is 24.6. The number of anilines is 1. The number of amides is 2. The highest BCUT2D eigenvalue weighted by molar-refractivity contribution is 7.61. The number of carboxylic acids is 1. The molecule has 75 heavy (non-hydrogen) atoms. The minimum atomic E-state index is -5.60. The second kappa shape index (κ2) is 27.5. The van der Waals surface area contributed by atoms with Crippen molar-refractivity contribution in [2.45, 2.75) is 156 Å². The lowest BCUT2D eigenvalue weighted by Gasteiger charge is -2.30. The number of ketones is 1. The number of fused-ring (bicyclic) bond motifs is 1. The number of hydrogen-bond donors (Lipinski definition) is 10. The van der Waals surface area contributed by atoms with Crippen molar-refractivity contribution in [1.82, 2.24) is 30.2 Å². The Morgan fingerprint density at radius 1 is 0.800 bits per heavy atom. The molecule has 2 amide bonds. The molecule has 1 aliphatic rings. The van der Waals surface area contributed by atoms with Gasteiger partial charge >= 0.3 is 29.4 Å². The van der Waals surface area contributed by atoms with Gasteiger partial charge in [0, 0.05) is 36.8 Å². The number of rotatable bonds is 34. The van der Waals surface area contributed by atoms with Crippen molar-refractivity contribution in [2.24, 2.45) is 16.2 Å². The molecule has 4 rings (SSSR count). The lowest BCUT2D eigenvalue weighted by atomic mass is 9.81. The summed E-state index contributed by atoms with van der Waals surface area (Å²) >= 11 is 0. The number of unbranched alkanes of at least 4 members (excludes halogenated alkanes) is 5. The van der Waals surface area contributed by atoms with Gasteiger partial charge in [0.2, 0.25) is 11.8 Å². The molecule has 0 aliphatic carbocycles. The molecule has 422 valence electrons. The zero-order chi connectivity index (χ0) is 56.0. The summed E-state index contributed by atoms with van der Waals surface area (Å²) in [4.78, 5) is 101. The van der Waals surface area contributed by atoms with Gasteiger partial charge in [-0.1, -0.05) is 84.1 Å². The maximum Gasteiger partial charge on any atom is 0.481 e. The molecule has 11 N–H and O–H groups in total. The number of benzene rings is 1. The molecule has 0 bridgehead atoms. The third-order valence-corrected chi connectivity index (χ3v) is 16.0. The number of carbonyl (C=O) groups excluding carboxylic acids is 3. The van der Waals surface area contributed by atoms with Gasteiger partial charge in [-0.2, -0.15) is 4.31 Å². The number of carboxylic acid groups (broad SMARTS) is 1. The number of hydrogen-bond acceptors (Lipinski definition) is 18. The molecule has 26 nitrogen and oxygen atoms in total. The fourth-order valence-electron chi connectivity index (χ4n) is 8.18. The van der Waals surface area contributed by atoms with E-state index < -0.39 is 101 Å². The summed E-state index contributed by atoms with van der Waals surface area (Å²) in [6.07, 6.45) is 3.10. The number of aryl methyl sites for hydroxylation is 2. The number of aliphatic hydroxyl groups excluding tert-OH is 2. The lowest BCUT2D eigenvalue weighted by molar-refractivity contribution is -0.147. The first-order valence-corrected chi connectivity index (χ1v) is 29.1. The monoisotopic (exact) mass is 1120 g/mol. The first-order chi connectivity index (χ1) is 34.8. The van der Waals surface area contributed by atoms with Gasteiger partial charge in [-0.3, -0.25) is 37.3 Å². The van der Waals surface area contributed by atoms with Crippen molar-refractivity contribution < 1.29 is 90.4 Å². The van der Waals surface area contributed by atoms with Crippen LogP contribution in [-0.2, 0) is 68.3 Å². The van der Waals surface area contributed by atoms with Gasteiger partial charge in [-0.15, -0.1) is 0 Å². The van der Waals surface area contributed by atoms with E-state index in [1.807, 2.05) is 13.8 Å². The molecule has 3 aromatic rings. The van der Waals surface area contributed by atoms with Crippen LogP contribution in [0.1, 0.15) is 130 Å².